The first-order chi connectivity index (χ1) is 17.6. The lowest BCUT2D eigenvalue weighted by molar-refractivity contribution is -0.142. The van der Waals surface area contributed by atoms with Crippen LogP contribution in [0.2, 0.25) is 0 Å². The number of aromatic nitrogens is 1. The van der Waals surface area contributed by atoms with E-state index in [1.165, 1.54) is 23.8 Å². The molecule has 6 heteroatoms. The van der Waals surface area contributed by atoms with Crippen LogP contribution >= 0.6 is 0 Å². The quantitative estimate of drug-likeness (QED) is 0.315. The second-order valence-electron chi connectivity index (χ2n) is 8.60. The van der Waals surface area contributed by atoms with Gasteiger partial charge in [-0.3, -0.25) is 4.79 Å². The van der Waals surface area contributed by atoms with E-state index in [1.807, 2.05) is 48.5 Å². The van der Waals surface area contributed by atoms with Crippen molar-refractivity contribution in [1.29, 1.82) is 0 Å². The molecular weight excluding hydrogens is 452 g/mol. The predicted octanol–water partition coefficient (Wildman–Crippen LogP) is 5.08. The first-order valence-corrected chi connectivity index (χ1v) is 11.7. The van der Waals surface area contributed by atoms with Crippen molar-refractivity contribution >= 4 is 33.7 Å². The highest BCUT2D eigenvalue weighted by Crippen LogP contribution is 2.38. The molecule has 180 valence electrons. The Balaban J connectivity index is 1.67. The lowest BCUT2D eigenvalue weighted by atomic mass is 9.99. The predicted molar refractivity (Wildman–Crippen MR) is 140 cm³/mol. The van der Waals surface area contributed by atoms with E-state index in [2.05, 4.69) is 34.9 Å². The number of nitrogens with two attached hydrogens (primary N) is 1. The van der Waals surface area contributed by atoms with Gasteiger partial charge in [0.15, 0.2) is 6.61 Å². The molecule has 36 heavy (non-hydrogen) atoms. The lowest BCUT2D eigenvalue weighted by Crippen LogP contribution is -2.13. The second-order valence-corrected chi connectivity index (χ2v) is 8.60. The topological polar surface area (TPSA) is 83.6 Å². The molecule has 0 saturated heterocycles. The SMILES string of the molecule is COC(=O)COc1cccc2c1c1c(C(N)=O)cccc1n2Cc1ccccc1Cc1ccccc1. The van der Waals surface area contributed by atoms with Gasteiger partial charge < -0.3 is 19.8 Å². The lowest BCUT2D eigenvalue weighted by Gasteiger charge is -2.13. The van der Waals surface area contributed by atoms with Crippen molar-refractivity contribution < 1.29 is 19.1 Å². The van der Waals surface area contributed by atoms with E-state index in [9.17, 15) is 9.59 Å². The van der Waals surface area contributed by atoms with Crippen molar-refractivity contribution in [3.63, 3.8) is 0 Å². The minimum Gasteiger partial charge on any atom is -0.481 e. The number of hydrogen-bond acceptors (Lipinski definition) is 4. The molecule has 0 unspecified atom stereocenters. The molecule has 0 bridgehead atoms. The number of primary amides is 1. The first-order valence-electron chi connectivity index (χ1n) is 11.7. The average Bonchev–Trinajstić information content (AvgIpc) is 3.23. The molecule has 0 aliphatic heterocycles. The third kappa shape index (κ3) is 4.41. The van der Waals surface area contributed by atoms with Gasteiger partial charge in [0, 0.05) is 17.5 Å². The maximum absolute atomic E-state index is 12.4. The fourth-order valence-electron chi connectivity index (χ4n) is 4.72. The summed E-state index contributed by atoms with van der Waals surface area (Å²) in [4.78, 5) is 24.2. The zero-order valence-electron chi connectivity index (χ0n) is 19.9. The average molecular weight is 479 g/mol. The molecule has 0 atom stereocenters. The van der Waals surface area contributed by atoms with Gasteiger partial charge in [0.2, 0.25) is 5.91 Å². The van der Waals surface area contributed by atoms with Gasteiger partial charge in [0.1, 0.15) is 5.75 Å². The Morgan fingerprint density at radius 3 is 2.17 bits per heavy atom. The molecule has 5 rings (SSSR count). The molecule has 1 aromatic heterocycles. The van der Waals surface area contributed by atoms with E-state index < -0.39 is 11.9 Å². The molecule has 0 aliphatic rings. The fraction of sp³-hybridized carbons (Fsp3) is 0.133. The van der Waals surface area contributed by atoms with Crippen molar-refractivity contribution in [2.75, 3.05) is 13.7 Å². The van der Waals surface area contributed by atoms with E-state index >= 15 is 0 Å². The van der Waals surface area contributed by atoms with Gasteiger partial charge in [-0.25, -0.2) is 4.79 Å². The normalized spacial score (nSPS) is 11.0. The standard InChI is InChI=1S/C30H26N2O4/c1-35-27(33)19-36-26-16-8-15-25-29(26)28-23(30(31)34)13-7-14-24(28)32(25)18-22-12-6-5-11-21(22)17-20-9-3-2-4-10-20/h2-16H,17-19H2,1H3,(H2,31,34). The van der Waals surface area contributed by atoms with Gasteiger partial charge in [0.05, 0.1) is 23.5 Å². The Hall–Kier alpha value is -4.58. The molecule has 0 spiro atoms. The minimum atomic E-state index is -0.521. The third-order valence-corrected chi connectivity index (χ3v) is 6.40. The first kappa shape index (κ1) is 23.2. The van der Waals surface area contributed by atoms with Crippen molar-refractivity contribution in [1.82, 2.24) is 4.57 Å². The summed E-state index contributed by atoms with van der Waals surface area (Å²) in [5.41, 5.74) is 11.6. The van der Waals surface area contributed by atoms with Gasteiger partial charge in [-0.05, 0) is 47.4 Å². The summed E-state index contributed by atoms with van der Waals surface area (Å²) in [6.07, 6.45) is 0.814. The molecule has 0 aliphatic carbocycles. The zero-order valence-corrected chi connectivity index (χ0v) is 19.9. The Morgan fingerprint density at radius 2 is 1.44 bits per heavy atom. The molecule has 6 nitrogen and oxygen atoms in total. The highest BCUT2D eigenvalue weighted by Gasteiger charge is 2.20. The van der Waals surface area contributed by atoms with Crippen molar-refractivity contribution in [3.05, 3.63) is 113 Å². The maximum Gasteiger partial charge on any atom is 0.343 e. The van der Waals surface area contributed by atoms with Gasteiger partial charge in [-0.1, -0.05) is 66.7 Å². The molecule has 1 amide bonds. The van der Waals surface area contributed by atoms with Gasteiger partial charge >= 0.3 is 5.97 Å². The van der Waals surface area contributed by atoms with Crippen LogP contribution in [0.25, 0.3) is 21.8 Å². The number of carbonyl (C=O) groups is 2. The number of fused-ring (bicyclic) bond motifs is 3. The number of amides is 1. The van der Waals surface area contributed by atoms with Crippen LogP contribution in [-0.4, -0.2) is 30.2 Å². The van der Waals surface area contributed by atoms with Crippen molar-refractivity contribution in [2.24, 2.45) is 5.73 Å². The molecule has 4 aromatic carbocycles. The Labute approximate surface area is 208 Å². The minimum absolute atomic E-state index is 0.235. The van der Waals surface area contributed by atoms with Crippen LogP contribution < -0.4 is 10.5 Å². The highest BCUT2D eigenvalue weighted by molar-refractivity contribution is 6.19. The van der Waals surface area contributed by atoms with Gasteiger partial charge in [0.25, 0.3) is 0 Å². The molecule has 0 fully saturated rings. The number of benzene rings is 4. The van der Waals surface area contributed by atoms with Crippen molar-refractivity contribution in [2.45, 2.75) is 13.0 Å². The van der Waals surface area contributed by atoms with Crippen LogP contribution in [0, 0.1) is 0 Å². The molecule has 5 aromatic rings. The van der Waals surface area contributed by atoms with Crippen LogP contribution in [0.3, 0.4) is 0 Å². The van der Waals surface area contributed by atoms with E-state index in [1.54, 1.807) is 12.1 Å². The zero-order chi connectivity index (χ0) is 25.1. The van der Waals surface area contributed by atoms with E-state index in [4.69, 9.17) is 15.2 Å². The van der Waals surface area contributed by atoms with Crippen LogP contribution in [-0.2, 0) is 22.5 Å². The second kappa shape index (κ2) is 9.96. The Kier molecular flexibility index (Phi) is 6.41. The van der Waals surface area contributed by atoms with Crippen LogP contribution in [0.4, 0.5) is 0 Å². The summed E-state index contributed by atoms with van der Waals surface area (Å²) in [6.45, 7) is 0.354. The summed E-state index contributed by atoms with van der Waals surface area (Å²) in [6, 6.07) is 29.9. The number of ether oxygens (including phenoxy) is 2. The summed E-state index contributed by atoms with van der Waals surface area (Å²) in [5, 5.41) is 1.45. The summed E-state index contributed by atoms with van der Waals surface area (Å²) >= 11 is 0. The highest BCUT2D eigenvalue weighted by atomic mass is 16.6. The smallest absolute Gasteiger partial charge is 0.343 e. The fourth-order valence-corrected chi connectivity index (χ4v) is 4.72. The van der Waals surface area contributed by atoms with Crippen LogP contribution in [0.15, 0.2) is 91.0 Å². The van der Waals surface area contributed by atoms with E-state index in [-0.39, 0.29) is 6.61 Å². The number of nitrogens with zero attached hydrogens (tertiary/aromatic N) is 1. The van der Waals surface area contributed by atoms with Crippen LogP contribution in [0.1, 0.15) is 27.0 Å². The van der Waals surface area contributed by atoms with Gasteiger partial charge in [-0.15, -0.1) is 0 Å². The summed E-state index contributed by atoms with van der Waals surface area (Å²) in [5.74, 6) is -0.513. The van der Waals surface area contributed by atoms with Crippen molar-refractivity contribution in [3.8, 4) is 5.75 Å². The van der Waals surface area contributed by atoms with Gasteiger partial charge in [-0.2, -0.15) is 0 Å². The van der Waals surface area contributed by atoms with E-state index in [0.717, 1.165) is 22.8 Å². The number of methoxy groups -OCH3 is 1. The molecule has 1 heterocycles. The molecule has 0 radical (unpaired) electrons. The Morgan fingerprint density at radius 1 is 0.778 bits per heavy atom. The summed E-state index contributed by atoms with van der Waals surface area (Å²) < 4.78 is 12.8. The molecule has 2 N–H and O–H groups in total. The number of esters is 1. The number of hydrogen-bond donors (Lipinski definition) is 1. The third-order valence-electron chi connectivity index (χ3n) is 6.40. The largest absolute Gasteiger partial charge is 0.481 e. The maximum atomic E-state index is 12.4. The number of carbonyl (C=O) groups excluding carboxylic acids is 2. The van der Waals surface area contributed by atoms with E-state index in [0.29, 0.717) is 23.2 Å². The Bertz CT molecular complexity index is 1570. The molecule has 0 saturated carbocycles. The van der Waals surface area contributed by atoms with Crippen LogP contribution in [0.5, 0.6) is 5.75 Å². The number of rotatable bonds is 8. The summed E-state index contributed by atoms with van der Waals surface area (Å²) in [7, 11) is 1.32. The monoisotopic (exact) mass is 478 g/mol. The molecular formula is C30H26N2O4.